The molecule has 9 heteroatoms. The molecule has 0 aromatic heterocycles. The monoisotopic (exact) mass is 333 g/mol. The Morgan fingerprint density at radius 1 is 1.10 bits per heavy atom. The maximum Gasteiger partial charge on any atom is 0.425 e. The molecular weight excluding hydrogens is 321 g/mol. The zero-order valence-corrected chi connectivity index (χ0v) is 12.5. The maximum absolute atomic E-state index is 11.7. The Morgan fingerprint density at radius 3 is 2.38 bits per heavy atom. The Labute approximate surface area is 130 Å². The highest BCUT2D eigenvalue weighted by molar-refractivity contribution is 6.36. The molecule has 3 amide bonds. The summed E-state index contributed by atoms with van der Waals surface area (Å²) in [5, 5.41) is 3.30. The number of methoxy groups -OCH3 is 1. The van der Waals surface area contributed by atoms with E-state index in [-0.39, 0.29) is 12.8 Å². The summed E-state index contributed by atoms with van der Waals surface area (Å²) in [7, 11) is 1.16. The van der Waals surface area contributed by atoms with E-state index >= 15 is 0 Å². The van der Waals surface area contributed by atoms with Crippen LogP contribution in [-0.2, 0) is 14.3 Å². The smallest absolute Gasteiger partial charge is 0.425 e. The Bertz CT molecular complexity index is 551. The molecule has 0 saturated heterocycles. The number of nitrogens with one attached hydrogen (secondary N) is 3. The van der Waals surface area contributed by atoms with Crippen LogP contribution in [0.25, 0.3) is 0 Å². The van der Waals surface area contributed by atoms with Gasteiger partial charge < -0.3 is 10.1 Å². The molecule has 1 rings (SSSR count). The zero-order chi connectivity index (χ0) is 15.8. The first-order valence-corrected chi connectivity index (χ1v) is 6.55. The summed E-state index contributed by atoms with van der Waals surface area (Å²) < 4.78 is 4.26. The van der Waals surface area contributed by atoms with Crippen molar-refractivity contribution in [1.29, 1.82) is 0 Å². The Morgan fingerprint density at radius 2 is 1.76 bits per heavy atom. The number of hydrazine groups is 1. The molecule has 0 aliphatic heterocycles. The SMILES string of the molecule is COC(=O)NNC(=O)CCC(=O)Nc1ccc(Cl)cc1Cl. The predicted molar refractivity (Wildman–Crippen MR) is 78.0 cm³/mol. The van der Waals surface area contributed by atoms with Crippen molar-refractivity contribution >= 4 is 46.8 Å². The molecule has 0 saturated carbocycles. The average molecular weight is 334 g/mol. The second-order valence-corrected chi connectivity index (χ2v) is 4.68. The number of anilines is 1. The molecule has 21 heavy (non-hydrogen) atoms. The minimum atomic E-state index is -0.805. The molecule has 3 N–H and O–H groups in total. The number of halogens is 2. The molecule has 0 heterocycles. The fourth-order valence-corrected chi connectivity index (χ4v) is 1.72. The summed E-state index contributed by atoms with van der Waals surface area (Å²) in [6.07, 6.45) is -0.991. The molecular formula is C12H13Cl2N3O4. The minimum absolute atomic E-state index is 0.0758. The van der Waals surface area contributed by atoms with Gasteiger partial charge >= 0.3 is 6.09 Å². The van der Waals surface area contributed by atoms with Crippen molar-refractivity contribution in [2.75, 3.05) is 12.4 Å². The van der Waals surface area contributed by atoms with E-state index in [1.165, 1.54) is 6.07 Å². The minimum Gasteiger partial charge on any atom is -0.452 e. The molecule has 0 fully saturated rings. The van der Waals surface area contributed by atoms with E-state index in [9.17, 15) is 14.4 Å². The van der Waals surface area contributed by atoms with Crippen LogP contribution in [0.1, 0.15) is 12.8 Å². The van der Waals surface area contributed by atoms with Gasteiger partial charge in [-0.3, -0.25) is 15.0 Å². The van der Waals surface area contributed by atoms with E-state index in [2.05, 4.69) is 15.5 Å². The van der Waals surface area contributed by atoms with Crippen LogP contribution >= 0.6 is 23.2 Å². The first-order valence-electron chi connectivity index (χ1n) is 5.80. The van der Waals surface area contributed by atoms with Crippen LogP contribution in [0.15, 0.2) is 18.2 Å². The fraction of sp³-hybridized carbons (Fsp3) is 0.250. The van der Waals surface area contributed by atoms with Crippen LogP contribution in [-0.4, -0.2) is 25.0 Å². The van der Waals surface area contributed by atoms with Gasteiger partial charge in [0.15, 0.2) is 0 Å². The molecule has 0 aliphatic rings. The highest BCUT2D eigenvalue weighted by Crippen LogP contribution is 2.25. The summed E-state index contributed by atoms with van der Waals surface area (Å²) in [5.41, 5.74) is 4.48. The van der Waals surface area contributed by atoms with Gasteiger partial charge in [0.05, 0.1) is 17.8 Å². The topological polar surface area (TPSA) is 96.5 Å². The van der Waals surface area contributed by atoms with Crippen LogP contribution in [0, 0.1) is 0 Å². The van der Waals surface area contributed by atoms with Crippen molar-refractivity contribution in [3.8, 4) is 0 Å². The van der Waals surface area contributed by atoms with Gasteiger partial charge in [0.25, 0.3) is 0 Å². The largest absolute Gasteiger partial charge is 0.452 e. The molecule has 1 aromatic rings. The number of benzene rings is 1. The van der Waals surface area contributed by atoms with Gasteiger partial charge in [-0.15, -0.1) is 0 Å². The van der Waals surface area contributed by atoms with Gasteiger partial charge in [-0.25, -0.2) is 10.2 Å². The number of hydrogen-bond donors (Lipinski definition) is 3. The standard InChI is InChI=1S/C12H13Cl2N3O4/c1-21-12(20)17-16-11(19)5-4-10(18)15-9-3-2-7(13)6-8(9)14/h2-3,6H,4-5H2,1H3,(H,15,18)(H,16,19)(H,17,20). The van der Waals surface area contributed by atoms with Gasteiger partial charge in [0, 0.05) is 17.9 Å². The first-order chi connectivity index (χ1) is 9.92. The second-order valence-electron chi connectivity index (χ2n) is 3.84. The number of carbonyl (C=O) groups excluding carboxylic acids is 3. The van der Waals surface area contributed by atoms with E-state index in [0.717, 1.165) is 7.11 Å². The average Bonchev–Trinajstić information content (AvgIpc) is 2.45. The molecule has 0 atom stereocenters. The summed E-state index contributed by atoms with van der Waals surface area (Å²) in [5.74, 6) is -0.926. The van der Waals surface area contributed by atoms with Crippen molar-refractivity contribution in [3.05, 3.63) is 28.2 Å². The van der Waals surface area contributed by atoms with Gasteiger partial charge in [-0.1, -0.05) is 23.2 Å². The summed E-state index contributed by atoms with van der Waals surface area (Å²) in [4.78, 5) is 33.7. The van der Waals surface area contributed by atoms with Crippen LogP contribution in [0.5, 0.6) is 0 Å². The molecule has 0 unspecified atom stereocenters. The first kappa shape index (κ1) is 17.1. The lowest BCUT2D eigenvalue weighted by Gasteiger charge is -2.08. The van der Waals surface area contributed by atoms with E-state index in [1.54, 1.807) is 12.1 Å². The predicted octanol–water partition coefficient (Wildman–Crippen LogP) is 2.10. The van der Waals surface area contributed by atoms with Crippen molar-refractivity contribution in [1.82, 2.24) is 10.9 Å². The Balaban J connectivity index is 2.37. The highest BCUT2D eigenvalue weighted by Gasteiger charge is 2.10. The molecule has 0 bridgehead atoms. The van der Waals surface area contributed by atoms with E-state index in [0.29, 0.717) is 15.7 Å². The third kappa shape index (κ3) is 6.33. The molecule has 0 radical (unpaired) electrons. The number of amides is 3. The van der Waals surface area contributed by atoms with Crippen molar-refractivity contribution in [2.24, 2.45) is 0 Å². The number of ether oxygens (including phenoxy) is 1. The number of hydrogen-bond acceptors (Lipinski definition) is 4. The molecule has 1 aromatic carbocycles. The molecule has 0 spiro atoms. The maximum atomic E-state index is 11.7. The lowest BCUT2D eigenvalue weighted by Crippen LogP contribution is -2.41. The van der Waals surface area contributed by atoms with Gasteiger partial charge in [0.2, 0.25) is 11.8 Å². The van der Waals surface area contributed by atoms with Crippen LogP contribution in [0.4, 0.5) is 10.5 Å². The van der Waals surface area contributed by atoms with Gasteiger partial charge in [-0.05, 0) is 18.2 Å². The number of carbonyl (C=O) groups is 3. The highest BCUT2D eigenvalue weighted by atomic mass is 35.5. The van der Waals surface area contributed by atoms with E-state index in [1.807, 2.05) is 5.43 Å². The van der Waals surface area contributed by atoms with Crippen molar-refractivity contribution in [2.45, 2.75) is 12.8 Å². The fourth-order valence-electron chi connectivity index (χ4n) is 1.26. The molecule has 0 aliphatic carbocycles. The van der Waals surface area contributed by atoms with E-state index in [4.69, 9.17) is 23.2 Å². The molecule has 7 nitrogen and oxygen atoms in total. The third-order valence-corrected chi connectivity index (χ3v) is 2.82. The molecule has 114 valence electrons. The Kier molecular flexibility index (Phi) is 6.77. The lowest BCUT2D eigenvalue weighted by atomic mass is 10.2. The third-order valence-electron chi connectivity index (χ3n) is 2.27. The number of rotatable bonds is 4. The van der Waals surface area contributed by atoms with Crippen molar-refractivity contribution in [3.63, 3.8) is 0 Å². The summed E-state index contributed by atoms with van der Waals surface area (Å²) >= 11 is 11.6. The lowest BCUT2D eigenvalue weighted by molar-refractivity contribution is -0.124. The van der Waals surface area contributed by atoms with E-state index < -0.39 is 17.9 Å². The normalized spacial score (nSPS) is 9.67. The zero-order valence-electron chi connectivity index (χ0n) is 11.0. The second kappa shape index (κ2) is 8.33. The van der Waals surface area contributed by atoms with Crippen LogP contribution < -0.4 is 16.2 Å². The summed E-state index contributed by atoms with van der Waals surface area (Å²) in [6.45, 7) is 0. The Hall–Kier alpha value is -1.99. The van der Waals surface area contributed by atoms with Crippen LogP contribution in [0.2, 0.25) is 10.0 Å². The van der Waals surface area contributed by atoms with Crippen molar-refractivity contribution < 1.29 is 19.1 Å². The van der Waals surface area contributed by atoms with Crippen LogP contribution in [0.3, 0.4) is 0 Å². The quantitative estimate of drug-likeness (QED) is 0.735. The van der Waals surface area contributed by atoms with Gasteiger partial charge in [0.1, 0.15) is 0 Å². The van der Waals surface area contributed by atoms with Gasteiger partial charge in [-0.2, -0.15) is 0 Å². The summed E-state index contributed by atoms with van der Waals surface area (Å²) in [6, 6.07) is 4.63.